The molecular weight excluding hydrogens is 226 g/mol. The first-order valence-electron chi connectivity index (χ1n) is 4.93. The Kier molecular flexibility index (Phi) is 3.09. The van der Waals surface area contributed by atoms with Gasteiger partial charge in [-0.2, -0.15) is 0 Å². The molecule has 0 radical (unpaired) electrons. The molecule has 2 heterocycles. The van der Waals surface area contributed by atoms with E-state index in [1.807, 2.05) is 6.92 Å². The molecular formula is C10H11N3O2S. The molecule has 0 aromatic carbocycles. The van der Waals surface area contributed by atoms with E-state index in [0.29, 0.717) is 12.1 Å². The number of carboxylic acids is 1. The molecule has 0 aliphatic rings. The number of rotatable bonds is 4. The second-order valence-corrected chi connectivity index (χ2v) is 4.76. The van der Waals surface area contributed by atoms with Gasteiger partial charge in [-0.3, -0.25) is 4.79 Å². The van der Waals surface area contributed by atoms with Crippen LogP contribution >= 0.6 is 11.3 Å². The predicted molar refractivity (Wildman–Crippen MR) is 60.3 cm³/mol. The molecule has 0 fully saturated rings. The largest absolute Gasteiger partial charge is 0.481 e. The van der Waals surface area contributed by atoms with Crippen LogP contribution in [0.4, 0.5) is 0 Å². The van der Waals surface area contributed by atoms with Crippen molar-refractivity contribution in [2.24, 2.45) is 5.92 Å². The van der Waals surface area contributed by atoms with Gasteiger partial charge < -0.3 is 5.11 Å². The molecule has 16 heavy (non-hydrogen) atoms. The lowest BCUT2D eigenvalue weighted by Gasteiger charge is -2.04. The normalized spacial score (nSPS) is 12.8. The first kappa shape index (κ1) is 10.9. The highest BCUT2D eigenvalue weighted by Crippen LogP contribution is 2.21. The minimum atomic E-state index is -0.773. The molecule has 6 heteroatoms. The molecule has 0 saturated heterocycles. The average Bonchev–Trinajstić information content (AvgIpc) is 2.57. The van der Waals surface area contributed by atoms with Gasteiger partial charge in [0.1, 0.15) is 0 Å². The summed E-state index contributed by atoms with van der Waals surface area (Å²) in [7, 11) is 0. The van der Waals surface area contributed by atoms with Crippen LogP contribution in [0.1, 0.15) is 18.4 Å². The van der Waals surface area contributed by atoms with Crippen LogP contribution < -0.4 is 0 Å². The number of fused-ring (bicyclic) bond motifs is 1. The van der Waals surface area contributed by atoms with Crippen molar-refractivity contribution < 1.29 is 9.90 Å². The lowest BCUT2D eigenvalue weighted by molar-refractivity contribution is -0.137. The van der Waals surface area contributed by atoms with E-state index in [9.17, 15) is 4.79 Å². The summed E-state index contributed by atoms with van der Waals surface area (Å²) in [5.41, 5.74) is 0.644. The molecule has 84 valence electrons. The quantitative estimate of drug-likeness (QED) is 0.876. The van der Waals surface area contributed by atoms with Crippen molar-refractivity contribution in [1.82, 2.24) is 15.0 Å². The van der Waals surface area contributed by atoms with Gasteiger partial charge in [0.05, 0.1) is 5.01 Å². The van der Waals surface area contributed by atoms with E-state index < -0.39 is 5.97 Å². The summed E-state index contributed by atoms with van der Waals surface area (Å²) in [6.45, 7) is 1.90. The van der Waals surface area contributed by atoms with Gasteiger partial charge in [0.15, 0.2) is 10.5 Å². The Bertz CT molecular complexity index is 478. The fourth-order valence-corrected chi connectivity index (χ4v) is 2.50. The van der Waals surface area contributed by atoms with Gasteiger partial charge in [-0.1, -0.05) is 18.3 Å². The Morgan fingerprint density at radius 1 is 1.50 bits per heavy atom. The number of thiazole rings is 1. The molecule has 1 unspecified atom stereocenters. The van der Waals surface area contributed by atoms with Gasteiger partial charge >= 0.3 is 5.97 Å². The molecule has 0 amide bonds. The number of aromatic nitrogens is 3. The van der Waals surface area contributed by atoms with E-state index in [-0.39, 0.29) is 12.3 Å². The Hall–Kier alpha value is -1.56. The predicted octanol–water partition coefficient (Wildman–Crippen LogP) is 1.74. The van der Waals surface area contributed by atoms with Crippen LogP contribution in [0.3, 0.4) is 0 Å². The number of carboxylic acid groups (broad SMARTS) is 1. The third-order valence-corrected chi connectivity index (χ3v) is 3.11. The summed E-state index contributed by atoms with van der Waals surface area (Å²) in [4.78, 5) is 23.9. The molecule has 2 aromatic rings. The molecule has 1 atom stereocenters. The highest BCUT2D eigenvalue weighted by Gasteiger charge is 2.12. The zero-order chi connectivity index (χ0) is 11.5. The Balaban J connectivity index is 2.12. The van der Waals surface area contributed by atoms with Crippen LogP contribution in [0.5, 0.6) is 0 Å². The van der Waals surface area contributed by atoms with Gasteiger partial charge in [-0.15, -0.1) is 0 Å². The molecule has 2 aromatic heterocycles. The molecule has 5 nitrogen and oxygen atoms in total. The van der Waals surface area contributed by atoms with Gasteiger partial charge in [-0.05, 0) is 5.92 Å². The van der Waals surface area contributed by atoms with Crippen LogP contribution in [0.2, 0.25) is 0 Å². The summed E-state index contributed by atoms with van der Waals surface area (Å²) in [5.74, 6) is -0.692. The van der Waals surface area contributed by atoms with E-state index in [0.717, 1.165) is 9.84 Å². The Morgan fingerprint density at radius 2 is 2.25 bits per heavy atom. The lowest BCUT2D eigenvalue weighted by atomic mass is 10.1. The van der Waals surface area contributed by atoms with Crippen LogP contribution in [0.25, 0.3) is 10.5 Å². The fraction of sp³-hybridized carbons (Fsp3) is 0.400. The summed E-state index contributed by atoms with van der Waals surface area (Å²) in [5, 5.41) is 9.56. The number of nitrogens with zero attached hydrogens (tertiary/aromatic N) is 3. The third-order valence-electron chi connectivity index (χ3n) is 2.14. The van der Waals surface area contributed by atoms with Crippen molar-refractivity contribution in [3.63, 3.8) is 0 Å². The highest BCUT2D eigenvalue weighted by atomic mass is 32.1. The standard InChI is InChI=1S/C10H11N3O2S/c1-6(5-8(14)15)4-7-13-9-10(16-7)12-3-2-11-9/h2-3,6H,4-5H2,1H3,(H,14,15). The zero-order valence-corrected chi connectivity index (χ0v) is 9.57. The van der Waals surface area contributed by atoms with Crippen molar-refractivity contribution in [3.8, 4) is 0 Å². The zero-order valence-electron chi connectivity index (χ0n) is 8.75. The van der Waals surface area contributed by atoms with Crippen molar-refractivity contribution in [2.75, 3.05) is 0 Å². The maximum atomic E-state index is 10.5. The maximum absolute atomic E-state index is 10.5. The minimum absolute atomic E-state index is 0.0815. The highest BCUT2D eigenvalue weighted by molar-refractivity contribution is 7.18. The number of hydrogen-bond donors (Lipinski definition) is 1. The molecule has 1 N–H and O–H groups in total. The van der Waals surface area contributed by atoms with Crippen LogP contribution in [-0.4, -0.2) is 26.0 Å². The van der Waals surface area contributed by atoms with Gasteiger partial charge in [-0.25, -0.2) is 15.0 Å². The second-order valence-electron chi connectivity index (χ2n) is 3.70. The fourth-order valence-electron chi connectivity index (χ4n) is 1.47. The first-order valence-corrected chi connectivity index (χ1v) is 5.75. The molecule has 0 aliphatic carbocycles. The smallest absolute Gasteiger partial charge is 0.303 e. The summed E-state index contributed by atoms with van der Waals surface area (Å²) in [6.07, 6.45) is 4.06. The third kappa shape index (κ3) is 2.52. The van der Waals surface area contributed by atoms with Crippen molar-refractivity contribution in [3.05, 3.63) is 17.4 Å². The van der Waals surface area contributed by atoms with Gasteiger partial charge in [0.25, 0.3) is 0 Å². The van der Waals surface area contributed by atoms with Crippen LogP contribution in [-0.2, 0) is 11.2 Å². The van der Waals surface area contributed by atoms with E-state index in [1.54, 1.807) is 12.4 Å². The van der Waals surface area contributed by atoms with Crippen molar-refractivity contribution in [2.45, 2.75) is 19.8 Å². The SMILES string of the molecule is CC(CC(=O)O)Cc1nc2nccnc2s1. The van der Waals surface area contributed by atoms with Crippen LogP contribution in [0, 0.1) is 5.92 Å². The maximum Gasteiger partial charge on any atom is 0.303 e. The molecule has 0 aliphatic heterocycles. The number of hydrogen-bond acceptors (Lipinski definition) is 5. The molecule has 0 bridgehead atoms. The summed E-state index contributed by atoms with van der Waals surface area (Å²) in [6, 6.07) is 0. The number of carbonyl (C=O) groups is 1. The minimum Gasteiger partial charge on any atom is -0.481 e. The van der Waals surface area contributed by atoms with Gasteiger partial charge in [0.2, 0.25) is 0 Å². The molecule has 0 saturated carbocycles. The van der Waals surface area contributed by atoms with Crippen LogP contribution in [0.15, 0.2) is 12.4 Å². The first-order chi connectivity index (χ1) is 7.65. The second kappa shape index (κ2) is 4.52. The van der Waals surface area contributed by atoms with E-state index >= 15 is 0 Å². The summed E-state index contributed by atoms with van der Waals surface area (Å²) < 4.78 is 0. The van der Waals surface area contributed by atoms with Crippen molar-refractivity contribution >= 4 is 27.8 Å². The summed E-state index contributed by atoms with van der Waals surface area (Å²) >= 11 is 1.48. The lowest BCUT2D eigenvalue weighted by Crippen LogP contribution is -2.06. The Morgan fingerprint density at radius 3 is 2.94 bits per heavy atom. The van der Waals surface area contributed by atoms with Crippen molar-refractivity contribution in [1.29, 1.82) is 0 Å². The van der Waals surface area contributed by atoms with E-state index in [4.69, 9.17) is 5.11 Å². The van der Waals surface area contributed by atoms with E-state index in [2.05, 4.69) is 15.0 Å². The Labute approximate surface area is 96.2 Å². The number of aliphatic carboxylic acids is 1. The topological polar surface area (TPSA) is 76.0 Å². The average molecular weight is 237 g/mol. The monoisotopic (exact) mass is 237 g/mol. The van der Waals surface area contributed by atoms with Gasteiger partial charge in [0, 0.05) is 25.2 Å². The van der Waals surface area contributed by atoms with E-state index in [1.165, 1.54) is 11.3 Å². The molecule has 0 spiro atoms. The molecule has 2 rings (SSSR count).